The molecule has 0 atom stereocenters. The van der Waals surface area contributed by atoms with Gasteiger partial charge < -0.3 is 14.8 Å². The molecule has 17 heavy (non-hydrogen) atoms. The van der Waals surface area contributed by atoms with Gasteiger partial charge in [0.25, 0.3) is 0 Å². The van der Waals surface area contributed by atoms with Crippen molar-refractivity contribution in [1.29, 1.82) is 0 Å². The maximum absolute atomic E-state index is 5.39. The third-order valence-electron chi connectivity index (χ3n) is 3.00. The van der Waals surface area contributed by atoms with Gasteiger partial charge in [0, 0.05) is 16.6 Å². The van der Waals surface area contributed by atoms with Crippen LogP contribution in [0.2, 0.25) is 0 Å². The van der Waals surface area contributed by atoms with Crippen LogP contribution in [0.1, 0.15) is 18.4 Å². The molecule has 0 aliphatic heterocycles. The molecule has 1 N–H and O–H groups in total. The Morgan fingerprint density at radius 1 is 1.24 bits per heavy atom. The summed E-state index contributed by atoms with van der Waals surface area (Å²) in [5, 5.41) is 3.46. The predicted octanol–water partition coefficient (Wildman–Crippen LogP) is 2.97. The molecule has 1 aromatic carbocycles. The van der Waals surface area contributed by atoms with Gasteiger partial charge in [0.05, 0.1) is 14.2 Å². The van der Waals surface area contributed by atoms with E-state index in [0.717, 1.165) is 40.5 Å². The number of ether oxygens (including phenoxy) is 2. The normalized spacial score (nSPS) is 14.8. The number of methoxy groups -OCH3 is 2. The molecule has 4 heteroatoms. The van der Waals surface area contributed by atoms with Gasteiger partial charge in [0.1, 0.15) is 11.5 Å². The van der Waals surface area contributed by atoms with Crippen molar-refractivity contribution in [3.8, 4) is 11.5 Å². The number of benzene rings is 1. The first-order valence-electron chi connectivity index (χ1n) is 5.85. The predicted molar refractivity (Wildman–Crippen MR) is 71.7 cm³/mol. The molecule has 0 saturated heterocycles. The lowest BCUT2D eigenvalue weighted by molar-refractivity contribution is 0.381. The van der Waals surface area contributed by atoms with Crippen LogP contribution in [0.4, 0.5) is 0 Å². The molecule has 1 aromatic rings. The first-order valence-corrected chi connectivity index (χ1v) is 6.65. The Kier molecular flexibility index (Phi) is 4.29. The topological polar surface area (TPSA) is 30.5 Å². The largest absolute Gasteiger partial charge is 0.496 e. The zero-order chi connectivity index (χ0) is 12.3. The van der Waals surface area contributed by atoms with Crippen LogP contribution in [0.5, 0.6) is 11.5 Å². The number of hydrogen-bond donors (Lipinski definition) is 1. The summed E-state index contributed by atoms with van der Waals surface area (Å²) < 4.78 is 11.8. The van der Waals surface area contributed by atoms with E-state index in [4.69, 9.17) is 9.47 Å². The number of nitrogens with one attached hydrogen (secondary N) is 1. The van der Waals surface area contributed by atoms with Gasteiger partial charge in [-0.15, -0.1) is 0 Å². The van der Waals surface area contributed by atoms with Gasteiger partial charge in [-0.3, -0.25) is 0 Å². The van der Waals surface area contributed by atoms with Crippen molar-refractivity contribution < 1.29 is 9.47 Å². The second-order valence-corrected chi connectivity index (χ2v) is 5.28. The molecular formula is C13H18BrNO2. The zero-order valence-electron chi connectivity index (χ0n) is 10.3. The minimum Gasteiger partial charge on any atom is -0.496 e. The highest BCUT2D eigenvalue weighted by molar-refractivity contribution is 9.10. The van der Waals surface area contributed by atoms with Gasteiger partial charge in [-0.25, -0.2) is 0 Å². The molecule has 0 heterocycles. The highest BCUT2D eigenvalue weighted by Gasteiger charge is 2.21. The number of hydrogen-bond acceptors (Lipinski definition) is 3. The molecule has 0 spiro atoms. The molecular weight excluding hydrogens is 282 g/mol. The molecule has 0 unspecified atom stereocenters. The van der Waals surface area contributed by atoms with Crippen LogP contribution in [0.15, 0.2) is 16.6 Å². The van der Waals surface area contributed by atoms with Crippen LogP contribution in [-0.2, 0) is 6.54 Å². The molecule has 2 rings (SSSR count). The maximum atomic E-state index is 5.39. The summed E-state index contributed by atoms with van der Waals surface area (Å²) in [6.45, 7) is 1.87. The monoisotopic (exact) mass is 299 g/mol. The summed E-state index contributed by atoms with van der Waals surface area (Å²) in [5.41, 5.74) is 1.08. The van der Waals surface area contributed by atoms with Gasteiger partial charge in [-0.05, 0) is 37.4 Å². The second kappa shape index (κ2) is 5.74. The van der Waals surface area contributed by atoms with E-state index in [9.17, 15) is 0 Å². The molecule has 94 valence electrons. The summed E-state index contributed by atoms with van der Waals surface area (Å²) in [4.78, 5) is 0. The highest BCUT2D eigenvalue weighted by atomic mass is 79.9. The number of halogens is 1. The first kappa shape index (κ1) is 12.7. The third kappa shape index (κ3) is 3.36. The Hall–Kier alpha value is -0.740. The highest BCUT2D eigenvalue weighted by Crippen LogP contribution is 2.33. The van der Waals surface area contributed by atoms with Crippen molar-refractivity contribution in [2.75, 3.05) is 20.8 Å². The summed E-state index contributed by atoms with van der Waals surface area (Å²) in [7, 11) is 3.37. The van der Waals surface area contributed by atoms with Crippen molar-refractivity contribution in [1.82, 2.24) is 5.32 Å². The van der Waals surface area contributed by atoms with Gasteiger partial charge >= 0.3 is 0 Å². The lowest BCUT2D eigenvalue weighted by Crippen LogP contribution is -2.17. The lowest BCUT2D eigenvalue weighted by atomic mass is 10.1. The van der Waals surface area contributed by atoms with E-state index >= 15 is 0 Å². The Balaban J connectivity index is 2.10. The summed E-state index contributed by atoms with van der Waals surface area (Å²) in [5.74, 6) is 2.60. The minimum atomic E-state index is 0.788. The van der Waals surface area contributed by atoms with Crippen LogP contribution >= 0.6 is 15.9 Å². The van der Waals surface area contributed by atoms with Crippen LogP contribution in [0.25, 0.3) is 0 Å². The molecule has 0 aromatic heterocycles. The van der Waals surface area contributed by atoms with E-state index in [1.165, 1.54) is 12.8 Å². The van der Waals surface area contributed by atoms with Gasteiger partial charge in [-0.2, -0.15) is 0 Å². The van der Waals surface area contributed by atoms with Crippen LogP contribution in [0, 0.1) is 5.92 Å². The van der Waals surface area contributed by atoms with E-state index in [-0.39, 0.29) is 0 Å². The maximum Gasteiger partial charge on any atom is 0.128 e. The minimum absolute atomic E-state index is 0.788. The zero-order valence-corrected chi connectivity index (χ0v) is 11.8. The molecule has 3 nitrogen and oxygen atoms in total. The standard InChI is InChI=1S/C13H18BrNO2/c1-16-12-5-10(14)6-13(17-2)11(12)8-15-7-9-3-4-9/h5-6,9,15H,3-4,7-8H2,1-2H3. The molecule has 1 aliphatic carbocycles. The van der Waals surface area contributed by atoms with E-state index < -0.39 is 0 Å². The van der Waals surface area contributed by atoms with Gasteiger partial charge in [0.2, 0.25) is 0 Å². The third-order valence-corrected chi connectivity index (χ3v) is 3.46. The average molecular weight is 300 g/mol. The molecule has 1 saturated carbocycles. The molecule has 1 fully saturated rings. The lowest BCUT2D eigenvalue weighted by Gasteiger charge is -2.14. The summed E-state index contributed by atoms with van der Waals surface area (Å²) >= 11 is 3.45. The van der Waals surface area contributed by atoms with E-state index in [1.807, 2.05) is 12.1 Å². The Morgan fingerprint density at radius 3 is 2.29 bits per heavy atom. The van der Waals surface area contributed by atoms with Crippen molar-refractivity contribution in [3.05, 3.63) is 22.2 Å². The smallest absolute Gasteiger partial charge is 0.128 e. The van der Waals surface area contributed by atoms with Crippen molar-refractivity contribution in [2.45, 2.75) is 19.4 Å². The fraction of sp³-hybridized carbons (Fsp3) is 0.538. The Bertz CT molecular complexity index is 366. The Morgan fingerprint density at radius 2 is 1.82 bits per heavy atom. The average Bonchev–Trinajstić information content (AvgIpc) is 3.14. The van der Waals surface area contributed by atoms with Crippen LogP contribution < -0.4 is 14.8 Å². The van der Waals surface area contributed by atoms with Crippen LogP contribution in [-0.4, -0.2) is 20.8 Å². The van der Waals surface area contributed by atoms with Crippen LogP contribution in [0.3, 0.4) is 0 Å². The van der Waals surface area contributed by atoms with Gasteiger partial charge in [-0.1, -0.05) is 15.9 Å². The first-order chi connectivity index (χ1) is 8.24. The van der Waals surface area contributed by atoms with Gasteiger partial charge in [0.15, 0.2) is 0 Å². The van der Waals surface area contributed by atoms with E-state index in [2.05, 4.69) is 21.2 Å². The fourth-order valence-corrected chi connectivity index (χ4v) is 2.27. The Labute approximate surface area is 111 Å². The fourth-order valence-electron chi connectivity index (χ4n) is 1.85. The second-order valence-electron chi connectivity index (χ2n) is 4.36. The SMILES string of the molecule is COc1cc(Br)cc(OC)c1CNCC1CC1. The summed E-state index contributed by atoms with van der Waals surface area (Å²) in [6.07, 6.45) is 2.73. The van der Waals surface area contributed by atoms with E-state index in [1.54, 1.807) is 14.2 Å². The molecule has 0 radical (unpaired) electrons. The molecule has 0 amide bonds. The van der Waals surface area contributed by atoms with Crippen molar-refractivity contribution in [3.63, 3.8) is 0 Å². The number of rotatable bonds is 6. The van der Waals surface area contributed by atoms with Crippen molar-refractivity contribution >= 4 is 15.9 Å². The summed E-state index contributed by atoms with van der Waals surface area (Å²) in [6, 6.07) is 3.94. The van der Waals surface area contributed by atoms with Crippen molar-refractivity contribution in [2.24, 2.45) is 5.92 Å². The molecule has 1 aliphatic rings. The molecule has 0 bridgehead atoms. The van der Waals surface area contributed by atoms with E-state index in [0.29, 0.717) is 0 Å². The quantitative estimate of drug-likeness (QED) is 0.876.